The van der Waals surface area contributed by atoms with Gasteiger partial charge in [-0.25, -0.2) is 9.97 Å². The van der Waals surface area contributed by atoms with Crippen molar-refractivity contribution < 1.29 is 29.3 Å². The zero-order chi connectivity index (χ0) is 16.8. The van der Waals surface area contributed by atoms with Crippen molar-refractivity contribution in [2.45, 2.75) is 24.5 Å². The fourth-order valence-corrected chi connectivity index (χ4v) is 2.84. The first-order valence-electron chi connectivity index (χ1n) is 6.40. The molecule has 3 heterocycles. The summed E-state index contributed by atoms with van der Waals surface area (Å²) in [5, 5.41) is 20.1. The van der Waals surface area contributed by atoms with Crippen molar-refractivity contribution in [1.29, 1.82) is 0 Å². The number of nitrogens with zero attached hydrogens (tertiary/aromatic N) is 3. The van der Waals surface area contributed by atoms with E-state index in [1.807, 2.05) is 0 Å². The number of aliphatic hydroxyl groups is 2. The van der Waals surface area contributed by atoms with Gasteiger partial charge in [0.1, 0.15) is 18.3 Å². The number of aromatic nitrogens is 4. The van der Waals surface area contributed by atoms with E-state index in [1.165, 1.54) is 17.2 Å². The SMILES string of the molecule is O=c1[nH]cnc2c1ncn2[C@@H]1O[C@H](COP(O)(O)=S)[C@@H](O)[C@H]1O. The molecule has 0 amide bonds. The standard InChI is InChI=1S/C10H13N4O7PS/c15-6-4(1-20-22(18,19)23)21-10(7(6)16)14-3-13-5-8(14)11-2-12-9(5)17/h2-4,6-7,10,15-16H,1H2,(H,11,12,17)(H2,18,19,23)/t4-,6-,7-,10-/m1/s1. The van der Waals surface area contributed by atoms with Crippen LogP contribution in [0.15, 0.2) is 17.4 Å². The summed E-state index contributed by atoms with van der Waals surface area (Å²) in [5.74, 6) is 0. The van der Waals surface area contributed by atoms with Gasteiger partial charge < -0.3 is 34.2 Å². The van der Waals surface area contributed by atoms with Crippen molar-refractivity contribution in [2.75, 3.05) is 6.61 Å². The molecule has 3 rings (SSSR count). The first kappa shape index (κ1) is 16.6. The summed E-state index contributed by atoms with van der Waals surface area (Å²) in [5.41, 5.74) is -0.234. The number of ether oxygens (including phenoxy) is 1. The zero-order valence-electron chi connectivity index (χ0n) is 11.4. The van der Waals surface area contributed by atoms with Crippen LogP contribution in [-0.2, 0) is 21.1 Å². The fourth-order valence-electron chi connectivity index (χ4n) is 2.32. The predicted octanol–water partition coefficient (Wildman–Crippen LogP) is -2.04. The minimum Gasteiger partial charge on any atom is -0.387 e. The Morgan fingerprint density at radius 2 is 2.13 bits per heavy atom. The first-order valence-corrected chi connectivity index (χ1v) is 9.02. The Balaban J connectivity index is 1.87. The molecule has 0 bridgehead atoms. The maximum absolute atomic E-state index is 11.6. The van der Waals surface area contributed by atoms with E-state index in [-0.39, 0.29) is 11.2 Å². The molecule has 1 fully saturated rings. The summed E-state index contributed by atoms with van der Waals surface area (Å²) in [6.07, 6.45) is -2.42. The van der Waals surface area contributed by atoms with E-state index in [9.17, 15) is 15.0 Å². The molecule has 13 heteroatoms. The Morgan fingerprint density at radius 1 is 1.39 bits per heavy atom. The van der Waals surface area contributed by atoms with Gasteiger partial charge in [0.25, 0.3) is 5.56 Å². The maximum atomic E-state index is 11.6. The number of rotatable bonds is 4. The number of fused-ring (bicyclic) bond motifs is 1. The van der Waals surface area contributed by atoms with Gasteiger partial charge in [-0.2, -0.15) is 0 Å². The number of imidazole rings is 1. The molecule has 11 nitrogen and oxygen atoms in total. The molecule has 0 aromatic carbocycles. The number of hydrogen-bond acceptors (Lipinski definition) is 8. The van der Waals surface area contributed by atoms with Gasteiger partial charge in [-0.05, 0) is 11.8 Å². The summed E-state index contributed by atoms with van der Waals surface area (Å²) < 4.78 is 11.4. The lowest BCUT2D eigenvalue weighted by Crippen LogP contribution is -2.33. The van der Waals surface area contributed by atoms with Crippen molar-refractivity contribution in [3.8, 4) is 0 Å². The second kappa shape index (κ2) is 6.00. The molecule has 1 aliphatic rings. The van der Waals surface area contributed by atoms with E-state index in [4.69, 9.17) is 14.5 Å². The van der Waals surface area contributed by atoms with Crippen molar-refractivity contribution in [1.82, 2.24) is 19.5 Å². The van der Waals surface area contributed by atoms with Crippen molar-refractivity contribution in [3.63, 3.8) is 0 Å². The number of aromatic amines is 1. The van der Waals surface area contributed by atoms with E-state index < -0.39 is 43.4 Å². The topological polar surface area (TPSA) is 163 Å². The molecule has 0 unspecified atom stereocenters. The smallest absolute Gasteiger partial charge is 0.321 e. The molecular weight excluding hydrogens is 351 g/mol. The van der Waals surface area contributed by atoms with Crippen molar-refractivity contribution in [3.05, 3.63) is 23.0 Å². The Kier molecular flexibility index (Phi) is 4.33. The summed E-state index contributed by atoms with van der Waals surface area (Å²) in [6.45, 7) is -4.32. The highest BCUT2D eigenvalue weighted by Crippen LogP contribution is 2.39. The largest absolute Gasteiger partial charge is 0.387 e. The highest BCUT2D eigenvalue weighted by atomic mass is 32.5. The van der Waals surface area contributed by atoms with Crippen LogP contribution in [0.25, 0.3) is 11.2 Å². The van der Waals surface area contributed by atoms with Crippen LogP contribution in [-0.4, -0.2) is 64.4 Å². The number of aliphatic hydroxyl groups excluding tert-OH is 2. The van der Waals surface area contributed by atoms with Gasteiger partial charge in [0.15, 0.2) is 17.4 Å². The van der Waals surface area contributed by atoms with Crippen LogP contribution in [0.2, 0.25) is 0 Å². The lowest BCUT2D eigenvalue weighted by atomic mass is 10.1. The second-order valence-corrected chi connectivity index (χ2v) is 7.55. The van der Waals surface area contributed by atoms with Gasteiger partial charge in [-0.3, -0.25) is 9.36 Å². The van der Waals surface area contributed by atoms with Crippen LogP contribution >= 0.6 is 6.72 Å². The van der Waals surface area contributed by atoms with Gasteiger partial charge >= 0.3 is 6.72 Å². The van der Waals surface area contributed by atoms with Gasteiger partial charge in [-0.15, -0.1) is 0 Å². The van der Waals surface area contributed by atoms with E-state index in [0.29, 0.717) is 0 Å². The Morgan fingerprint density at radius 3 is 2.83 bits per heavy atom. The molecule has 0 saturated carbocycles. The number of H-pyrrole nitrogens is 1. The monoisotopic (exact) mass is 364 g/mol. The summed E-state index contributed by atoms with van der Waals surface area (Å²) >= 11 is 4.31. The Bertz CT molecular complexity index is 819. The predicted molar refractivity (Wildman–Crippen MR) is 78.7 cm³/mol. The van der Waals surface area contributed by atoms with E-state index in [0.717, 1.165) is 0 Å². The Hall–Kier alpha value is -1.24. The highest BCUT2D eigenvalue weighted by Gasteiger charge is 2.44. The third-order valence-corrected chi connectivity index (χ3v) is 4.19. The lowest BCUT2D eigenvalue weighted by molar-refractivity contribution is -0.0487. The van der Waals surface area contributed by atoms with Crippen molar-refractivity contribution in [2.24, 2.45) is 0 Å². The fraction of sp³-hybridized carbons (Fsp3) is 0.500. The number of hydrogen-bond donors (Lipinski definition) is 5. The van der Waals surface area contributed by atoms with Crippen LogP contribution < -0.4 is 5.56 Å². The summed E-state index contributed by atoms with van der Waals surface area (Å²) in [4.78, 5) is 39.9. The minimum absolute atomic E-state index is 0.0544. The molecule has 5 N–H and O–H groups in total. The molecule has 2 aromatic rings. The first-order chi connectivity index (χ1) is 10.8. The van der Waals surface area contributed by atoms with Crippen LogP contribution in [0.3, 0.4) is 0 Å². The molecule has 126 valence electrons. The molecular formula is C10H13N4O7PS. The maximum Gasteiger partial charge on any atom is 0.321 e. The van der Waals surface area contributed by atoms with Crippen LogP contribution in [0.1, 0.15) is 6.23 Å². The normalized spacial score (nSPS) is 28.5. The Labute approximate surface area is 133 Å². The highest BCUT2D eigenvalue weighted by molar-refractivity contribution is 8.06. The number of nitrogens with one attached hydrogen (secondary N) is 1. The minimum atomic E-state index is -3.91. The summed E-state index contributed by atoms with van der Waals surface area (Å²) in [7, 11) is 0. The van der Waals surface area contributed by atoms with Crippen LogP contribution in [0.5, 0.6) is 0 Å². The summed E-state index contributed by atoms with van der Waals surface area (Å²) in [6, 6.07) is 0. The van der Waals surface area contributed by atoms with Gasteiger partial charge in [-0.1, -0.05) is 0 Å². The van der Waals surface area contributed by atoms with Crippen molar-refractivity contribution >= 4 is 29.7 Å². The van der Waals surface area contributed by atoms with E-state index in [1.54, 1.807) is 0 Å². The molecule has 0 aliphatic carbocycles. The van der Waals surface area contributed by atoms with E-state index >= 15 is 0 Å². The lowest BCUT2D eigenvalue weighted by Gasteiger charge is -2.16. The molecule has 1 saturated heterocycles. The second-order valence-electron chi connectivity index (χ2n) is 4.89. The van der Waals surface area contributed by atoms with Gasteiger partial charge in [0.2, 0.25) is 0 Å². The molecule has 23 heavy (non-hydrogen) atoms. The molecule has 0 spiro atoms. The average Bonchev–Trinajstić information content (AvgIpc) is 3.01. The van der Waals surface area contributed by atoms with Crippen LogP contribution in [0, 0.1) is 0 Å². The average molecular weight is 364 g/mol. The third-order valence-electron chi connectivity index (χ3n) is 3.38. The third kappa shape index (κ3) is 3.20. The van der Waals surface area contributed by atoms with Crippen LogP contribution in [0.4, 0.5) is 0 Å². The molecule has 4 atom stereocenters. The van der Waals surface area contributed by atoms with E-state index in [2.05, 4.69) is 31.3 Å². The quantitative estimate of drug-likeness (QED) is 0.382. The molecule has 0 radical (unpaired) electrons. The van der Waals surface area contributed by atoms with Gasteiger partial charge in [0, 0.05) is 0 Å². The molecule has 1 aliphatic heterocycles. The van der Waals surface area contributed by atoms with Gasteiger partial charge in [0.05, 0.1) is 19.3 Å². The molecule has 2 aromatic heterocycles. The zero-order valence-corrected chi connectivity index (χ0v) is 13.1.